The maximum atomic E-state index is 5.83. The molecule has 0 aliphatic carbocycles. The van der Waals surface area contributed by atoms with Gasteiger partial charge in [-0.25, -0.2) is 0 Å². The molecule has 0 saturated carbocycles. The minimum Gasteiger partial charge on any atom is -0.374 e. The van der Waals surface area contributed by atoms with Crippen LogP contribution in [0.4, 0.5) is 0 Å². The SMILES string of the molecule is CCOC(C)(CC)C(Cc1ccccn1)NN. The lowest BCUT2D eigenvalue weighted by Gasteiger charge is -2.36. The molecule has 0 amide bonds. The van der Waals surface area contributed by atoms with Gasteiger partial charge in [-0.2, -0.15) is 0 Å². The van der Waals surface area contributed by atoms with Gasteiger partial charge in [0, 0.05) is 24.9 Å². The van der Waals surface area contributed by atoms with Gasteiger partial charge in [0.15, 0.2) is 0 Å². The highest BCUT2D eigenvalue weighted by Crippen LogP contribution is 2.22. The summed E-state index contributed by atoms with van der Waals surface area (Å²) in [5, 5.41) is 0. The van der Waals surface area contributed by atoms with Gasteiger partial charge in [-0.05, 0) is 32.4 Å². The van der Waals surface area contributed by atoms with Gasteiger partial charge in [0.25, 0.3) is 0 Å². The fraction of sp³-hybridized carbons (Fsp3) is 0.615. The summed E-state index contributed by atoms with van der Waals surface area (Å²) < 4.78 is 5.83. The van der Waals surface area contributed by atoms with Crippen molar-refractivity contribution in [1.82, 2.24) is 10.4 Å². The second kappa shape index (κ2) is 6.69. The number of ether oxygens (including phenoxy) is 1. The smallest absolute Gasteiger partial charge is 0.0821 e. The molecule has 0 aromatic carbocycles. The number of pyridine rings is 1. The van der Waals surface area contributed by atoms with Crippen molar-refractivity contribution in [2.45, 2.75) is 45.3 Å². The van der Waals surface area contributed by atoms with E-state index in [1.165, 1.54) is 0 Å². The zero-order valence-corrected chi connectivity index (χ0v) is 10.9. The van der Waals surface area contributed by atoms with Crippen LogP contribution < -0.4 is 11.3 Å². The van der Waals surface area contributed by atoms with E-state index in [1.807, 2.05) is 25.1 Å². The average Bonchev–Trinajstić information content (AvgIpc) is 2.37. The Morgan fingerprint density at radius 2 is 2.24 bits per heavy atom. The molecule has 0 radical (unpaired) electrons. The second-order valence-corrected chi connectivity index (χ2v) is 4.34. The van der Waals surface area contributed by atoms with Gasteiger partial charge in [-0.1, -0.05) is 13.0 Å². The predicted molar refractivity (Wildman–Crippen MR) is 69.4 cm³/mol. The Labute approximate surface area is 104 Å². The molecule has 3 N–H and O–H groups in total. The van der Waals surface area contributed by atoms with Gasteiger partial charge in [0.05, 0.1) is 11.6 Å². The van der Waals surface area contributed by atoms with Crippen LogP contribution in [0.25, 0.3) is 0 Å². The quantitative estimate of drug-likeness (QED) is 0.559. The number of hydrazine groups is 1. The summed E-state index contributed by atoms with van der Waals surface area (Å²) in [6.45, 7) is 6.88. The Morgan fingerprint density at radius 1 is 1.47 bits per heavy atom. The molecule has 1 heterocycles. The molecule has 0 bridgehead atoms. The fourth-order valence-corrected chi connectivity index (χ4v) is 1.96. The number of nitrogens with zero attached hydrogens (tertiary/aromatic N) is 1. The molecule has 0 aliphatic rings. The highest BCUT2D eigenvalue weighted by molar-refractivity contribution is 5.07. The predicted octanol–water partition coefficient (Wildman–Crippen LogP) is 1.66. The minimum absolute atomic E-state index is 0.0577. The molecule has 0 spiro atoms. The minimum atomic E-state index is -0.263. The number of hydrogen-bond acceptors (Lipinski definition) is 4. The van der Waals surface area contributed by atoms with E-state index < -0.39 is 0 Å². The molecule has 96 valence electrons. The van der Waals surface area contributed by atoms with E-state index in [9.17, 15) is 0 Å². The topological polar surface area (TPSA) is 60.2 Å². The van der Waals surface area contributed by atoms with Crippen LogP contribution >= 0.6 is 0 Å². The lowest BCUT2D eigenvalue weighted by atomic mass is 9.90. The third kappa shape index (κ3) is 3.77. The van der Waals surface area contributed by atoms with Gasteiger partial charge in [0.1, 0.15) is 0 Å². The van der Waals surface area contributed by atoms with E-state index in [1.54, 1.807) is 6.20 Å². The van der Waals surface area contributed by atoms with E-state index in [2.05, 4.69) is 24.3 Å². The molecule has 1 aromatic rings. The molecule has 4 heteroatoms. The summed E-state index contributed by atoms with van der Waals surface area (Å²) in [4.78, 5) is 4.32. The summed E-state index contributed by atoms with van der Waals surface area (Å²) in [5.41, 5.74) is 3.62. The normalized spacial score (nSPS) is 16.5. The lowest BCUT2D eigenvalue weighted by molar-refractivity contribution is -0.0552. The molecule has 0 fully saturated rings. The highest BCUT2D eigenvalue weighted by atomic mass is 16.5. The van der Waals surface area contributed by atoms with Crippen LogP contribution in [0.3, 0.4) is 0 Å². The van der Waals surface area contributed by atoms with E-state index >= 15 is 0 Å². The van der Waals surface area contributed by atoms with Gasteiger partial charge < -0.3 is 4.74 Å². The first-order valence-electron chi connectivity index (χ1n) is 6.16. The van der Waals surface area contributed by atoms with Crippen molar-refractivity contribution >= 4 is 0 Å². The zero-order valence-electron chi connectivity index (χ0n) is 10.9. The number of nitrogens with two attached hydrogens (primary N) is 1. The summed E-state index contributed by atoms with van der Waals surface area (Å²) in [6, 6.07) is 5.96. The van der Waals surface area contributed by atoms with Crippen LogP contribution in [0, 0.1) is 0 Å². The molecule has 2 atom stereocenters. The number of hydrogen-bond donors (Lipinski definition) is 2. The van der Waals surface area contributed by atoms with Gasteiger partial charge in [-0.15, -0.1) is 0 Å². The van der Waals surface area contributed by atoms with E-state index in [-0.39, 0.29) is 11.6 Å². The maximum absolute atomic E-state index is 5.83. The lowest BCUT2D eigenvalue weighted by Crippen LogP contribution is -2.54. The number of nitrogens with one attached hydrogen (secondary N) is 1. The fourth-order valence-electron chi connectivity index (χ4n) is 1.96. The molecule has 0 aliphatic heterocycles. The van der Waals surface area contributed by atoms with Crippen molar-refractivity contribution in [2.24, 2.45) is 5.84 Å². The van der Waals surface area contributed by atoms with Crippen molar-refractivity contribution in [3.63, 3.8) is 0 Å². The van der Waals surface area contributed by atoms with Gasteiger partial charge in [0.2, 0.25) is 0 Å². The van der Waals surface area contributed by atoms with Gasteiger partial charge in [-0.3, -0.25) is 16.3 Å². The maximum Gasteiger partial charge on any atom is 0.0821 e. The molecular weight excluding hydrogens is 214 g/mol. The molecule has 1 aromatic heterocycles. The third-order valence-electron chi connectivity index (χ3n) is 3.25. The summed E-state index contributed by atoms with van der Waals surface area (Å²) in [7, 11) is 0. The Bertz CT molecular complexity index is 318. The van der Waals surface area contributed by atoms with Crippen molar-refractivity contribution in [3.8, 4) is 0 Å². The number of aromatic nitrogens is 1. The van der Waals surface area contributed by atoms with Crippen LogP contribution in [0.15, 0.2) is 24.4 Å². The largest absolute Gasteiger partial charge is 0.374 e. The summed E-state index contributed by atoms with van der Waals surface area (Å²) in [5.74, 6) is 5.65. The Balaban J connectivity index is 2.76. The van der Waals surface area contributed by atoms with Crippen molar-refractivity contribution in [2.75, 3.05) is 6.61 Å². The van der Waals surface area contributed by atoms with Crippen molar-refractivity contribution in [3.05, 3.63) is 30.1 Å². The molecule has 1 rings (SSSR count). The molecule has 2 unspecified atom stereocenters. The summed E-state index contributed by atoms with van der Waals surface area (Å²) in [6.07, 6.45) is 3.47. The van der Waals surface area contributed by atoms with E-state index in [4.69, 9.17) is 10.6 Å². The third-order valence-corrected chi connectivity index (χ3v) is 3.25. The van der Waals surface area contributed by atoms with Gasteiger partial charge >= 0.3 is 0 Å². The molecular formula is C13H23N3O. The molecule has 17 heavy (non-hydrogen) atoms. The first-order chi connectivity index (χ1) is 8.16. The van der Waals surface area contributed by atoms with Crippen LogP contribution in [0.2, 0.25) is 0 Å². The van der Waals surface area contributed by atoms with Crippen LogP contribution in [-0.2, 0) is 11.2 Å². The first-order valence-corrected chi connectivity index (χ1v) is 6.16. The second-order valence-electron chi connectivity index (χ2n) is 4.34. The number of rotatable bonds is 7. The zero-order chi connectivity index (χ0) is 12.7. The van der Waals surface area contributed by atoms with Crippen molar-refractivity contribution < 1.29 is 4.74 Å². The van der Waals surface area contributed by atoms with Crippen LogP contribution in [0.5, 0.6) is 0 Å². The highest BCUT2D eigenvalue weighted by Gasteiger charge is 2.32. The average molecular weight is 237 g/mol. The first kappa shape index (κ1) is 14.1. The molecule has 0 saturated heterocycles. The Morgan fingerprint density at radius 3 is 2.71 bits per heavy atom. The standard InChI is InChI=1S/C13H23N3O/c1-4-13(3,17-5-2)12(16-14)10-11-8-6-7-9-15-11/h6-9,12,16H,4-5,10,14H2,1-3H3. The van der Waals surface area contributed by atoms with E-state index in [0.717, 1.165) is 18.5 Å². The Kier molecular flexibility index (Phi) is 5.55. The van der Waals surface area contributed by atoms with Crippen molar-refractivity contribution in [1.29, 1.82) is 0 Å². The Hall–Kier alpha value is -0.970. The molecule has 4 nitrogen and oxygen atoms in total. The van der Waals surface area contributed by atoms with E-state index in [0.29, 0.717) is 6.61 Å². The van der Waals surface area contributed by atoms with Crippen LogP contribution in [-0.4, -0.2) is 23.2 Å². The summed E-state index contributed by atoms with van der Waals surface area (Å²) >= 11 is 0. The monoisotopic (exact) mass is 237 g/mol. The van der Waals surface area contributed by atoms with Crippen LogP contribution in [0.1, 0.15) is 32.9 Å².